The molecule has 2 rings (SSSR count). The third-order valence-corrected chi connectivity index (χ3v) is 3.27. The second kappa shape index (κ2) is 5.76. The molecule has 2 heterocycles. The van der Waals surface area contributed by atoms with Gasteiger partial charge in [-0.25, -0.2) is 10.8 Å². The molecule has 1 unspecified atom stereocenters. The summed E-state index contributed by atoms with van der Waals surface area (Å²) in [6.45, 7) is 1.66. The van der Waals surface area contributed by atoms with Gasteiger partial charge in [-0.1, -0.05) is 0 Å². The van der Waals surface area contributed by atoms with E-state index in [9.17, 15) is 10.1 Å². The van der Waals surface area contributed by atoms with E-state index in [0.717, 1.165) is 25.6 Å². The van der Waals surface area contributed by atoms with Crippen LogP contribution in [0.25, 0.3) is 0 Å². The molecule has 0 aliphatic carbocycles. The van der Waals surface area contributed by atoms with Gasteiger partial charge >= 0.3 is 5.69 Å². The van der Waals surface area contributed by atoms with E-state index in [1.807, 2.05) is 7.05 Å². The zero-order chi connectivity index (χ0) is 13.8. The van der Waals surface area contributed by atoms with Gasteiger partial charge in [0.2, 0.25) is 11.8 Å². The van der Waals surface area contributed by atoms with Crippen LogP contribution >= 0.6 is 0 Å². The van der Waals surface area contributed by atoms with Crippen LogP contribution in [0, 0.1) is 10.1 Å². The maximum absolute atomic E-state index is 10.9. The number of likely N-dealkylation sites (N-methyl/N-ethyl adjacent to an activating group) is 1. The van der Waals surface area contributed by atoms with Gasteiger partial charge in [-0.2, -0.15) is 4.98 Å². The van der Waals surface area contributed by atoms with Gasteiger partial charge in [-0.05, 0) is 26.4 Å². The average Bonchev–Trinajstić information content (AvgIpc) is 2.81. The lowest BCUT2D eigenvalue weighted by molar-refractivity contribution is -0.384. The first-order chi connectivity index (χ1) is 9.11. The van der Waals surface area contributed by atoms with Gasteiger partial charge in [0.25, 0.3) is 0 Å². The van der Waals surface area contributed by atoms with Crippen LogP contribution in [0.4, 0.5) is 17.5 Å². The summed E-state index contributed by atoms with van der Waals surface area (Å²) in [6.07, 6.45) is 3.36. The minimum atomic E-state index is -0.513. The number of anilines is 2. The summed E-state index contributed by atoms with van der Waals surface area (Å²) in [5.74, 6) is 5.54. The fourth-order valence-electron chi connectivity index (χ4n) is 2.16. The topological polar surface area (TPSA) is 122 Å². The number of nitrogens with zero attached hydrogens (tertiary/aromatic N) is 4. The van der Waals surface area contributed by atoms with E-state index in [-0.39, 0.29) is 17.5 Å². The molecule has 1 aliphatic rings. The normalized spacial score (nSPS) is 19.4. The van der Waals surface area contributed by atoms with Gasteiger partial charge in [0.05, 0.1) is 4.92 Å². The van der Waals surface area contributed by atoms with Crippen LogP contribution < -0.4 is 16.6 Å². The van der Waals surface area contributed by atoms with Crippen molar-refractivity contribution in [1.82, 2.24) is 14.9 Å². The molecule has 4 N–H and O–H groups in total. The van der Waals surface area contributed by atoms with Crippen LogP contribution in [0.3, 0.4) is 0 Å². The Bertz CT molecular complexity index is 467. The molecular weight excluding hydrogens is 250 g/mol. The number of nitrogens with two attached hydrogens (primary N) is 1. The van der Waals surface area contributed by atoms with E-state index >= 15 is 0 Å². The number of nitro groups is 1. The summed E-state index contributed by atoms with van der Waals surface area (Å²) in [4.78, 5) is 20.3. The lowest BCUT2D eigenvalue weighted by Gasteiger charge is -2.19. The van der Waals surface area contributed by atoms with Crippen LogP contribution in [0.1, 0.15) is 12.8 Å². The average molecular weight is 267 g/mol. The van der Waals surface area contributed by atoms with Crippen LogP contribution in [0.2, 0.25) is 0 Å². The number of rotatable bonds is 5. The molecule has 1 aromatic heterocycles. The first-order valence-electron chi connectivity index (χ1n) is 6.04. The van der Waals surface area contributed by atoms with E-state index < -0.39 is 4.92 Å². The van der Waals surface area contributed by atoms with Gasteiger partial charge in [0.1, 0.15) is 6.20 Å². The molecule has 0 aromatic carbocycles. The molecule has 0 saturated carbocycles. The van der Waals surface area contributed by atoms with E-state index in [1.165, 1.54) is 0 Å². The lowest BCUT2D eigenvalue weighted by Crippen LogP contribution is -2.32. The van der Waals surface area contributed by atoms with Gasteiger partial charge in [-0.15, -0.1) is 0 Å². The third-order valence-electron chi connectivity index (χ3n) is 3.27. The van der Waals surface area contributed by atoms with Crippen LogP contribution in [-0.4, -0.2) is 46.0 Å². The highest BCUT2D eigenvalue weighted by atomic mass is 16.6. The number of hydrogen-bond acceptors (Lipinski definition) is 8. The molecule has 19 heavy (non-hydrogen) atoms. The molecule has 0 radical (unpaired) electrons. The molecule has 0 bridgehead atoms. The molecule has 1 fully saturated rings. The Balaban J connectivity index is 2.10. The van der Waals surface area contributed by atoms with Crippen molar-refractivity contribution in [3.63, 3.8) is 0 Å². The Kier molecular flexibility index (Phi) is 4.07. The Morgan fingerprint density at radius 2 is 2.47 bits per heavy atom. The summed E-state index contributed by atoms with van der Waals surface area (Å²) >= 11 is 0. The van der Waals surface area contributed by atoms with Gasteiger partial charge < -0.3 is 10.2 Å². The highest BCUT2D eigenvalue weighted by Gasteiger charge is 2.23. The van der Waals surface area contributed by atoms with E-state index in [1.54, 1.807) is 0 Å². The van der Waals surface area contributed by atoms with E-state index in [2.05, 4.69) is 25.6 Å². The molecule has 9 nitrogen and oxygen atoms in total. The lowest BCUT2D eigenvalue weighted by atomic mass is 10.2. The first-order valence-corrected chi connectivity index (χ1v) is 6.04. The maximum Gasteiger partial charge on any atom is 0.329 e. The fourth-order valence-corrected chi connectivity index (χ4v) is 2.16. The molecule has 1 aliphatic heterocycles. The summed E-state index contributed by atoms with van der Waals surface area (Å²) in [7, 11) is 2.04. The molecular formula is C10H17N7O2. The minimum Gasteiger partial charge on any atom is -0.363 e. The minimum absolute atomic E-state index is 0.146. The summed E-state index contributed by atoms with van der Waals surface area (Å²) in [5.41, 5.74) is 2.12. The van der Waals surface area contributed by atoms with Crippen molar-refractivity contribution in [3.8, 4) is 0 Å². The molecule has 0 amide bonds. The number of hydrogen-bond donors (Lipinski definition) is 3. The molecule has 1 aromatic rings. The predicted molar refractivity (Wildman–Crippen MR) is 70.6 cm³/mol. The van der Waals surface area contributed by atoms with Crippen molar-refractivity contribution >= 4 is 17.5 Å². The SMILES string of the molecule is CN1CCCC1CNc1nc(NN)ncc1[N+](=O)[O-]. The molecule has 104 valence electrons. The maximum atomic E-state index is 10.9. The summed E-state index contributed by atoms with van der Waals surface area (Å²) in [5, 5.41) is 13.9. The zero-order valence-corrected chi connectivity index (χ0v) is 10.7. The van der Waals surface area contributed by atoms with Crippen molar-refractivity contribution in [1.29, 1.82) is 0 Å². The van der Waals surface area contributed by atoms with Crippen molar-refractivity contribution in [2.24, 2.45) is 5.84 Å². The number of likely N-dealkylation sites (tertiary alicyclic amines) is 1. The Morgan fingerprint density at radius 3 is 3.05 bits per heavy atom. The number of nitrogen functional groups attached to an aromatic ring is 1. The van der Waals surface area contributed by atoms with Crippen LogP contribution in [0.15, 0.2) is 6.20 Å². The van der Waals surface area contributed by atoms with Crippen LogP contribution in [0.5, 0.6) is 0 Å². The quantitative estimate of drug-likeness (QED) is 0.392. The molecule has 0 spiro atoms. The highest BCUT2D eigenvalue weighted by Crippen LogP contribution is 2.23. The highest BCUT2D eigenvalue weighted by molar-refractivity contribution is 5.56. The zero-order valence-electron chi connectivity index (χ0n) is 10.7. The third kappa shape index (κ3) is 3.06. The second-order valence-electron chi connectivity index (χ2n) is 4.49. The van der Waals surface area contributed by atoms with Crippen molar-refractivity contribution in [2.75, 3.05) is 30.9 Å². The monoisotopic (exact) mass is 267 g/mol. The number of nitrogens with one attached hydrogen (secondary N) is 2. The van der Waals surface area contributed by atoms with E-state index in [4.69, 9.17) is 5.84 Å². The Hall–Kier alpha value is -2.00. The molecule has 1 saturated heterocycles. The Morgan fingerprint density at radius 1 is 1.68 bits per heavy atom. The Labute approximate surface area is 110 Å². The first kappa shape index (κ1) is 13.4. The number of hydrazine groups is 1. The van der Waals surface area contributed by atoms with Crippen molar-refractivity contribution in [3.05, 3.63) is 16.3 Å². The smallest absolute Gasteiger partial charge is 0.329 e. The van der Waals surface area contributed by atoms with Gasteiger partial charge in [-0.3, -0.25) is 15.5 Å². The predicted octanol–water partition coefficient (Wildman–Crippen LogP) is 0.177. The van der Waals surface area contributed by atoms with Gasteiger partial charge in [0, 0.05) is 12.6 Å². The summed E-state index contributed by atoms with van der Waals surface area (Å²) in [6, 6.07) is 0.365. The van der Waals surface area contributed by atoms with Gasteiger partial charge in [0.15, 0.2) is 0 Å². The molecule has 1 atom stereocenters. The number of aromatic nitrogens is 2. The van der Waals surface area contributed by atoms with Crippen molar-refractivity contribution in [2.45, 2.75) is 18.9 Å². The van der Waals surface area contributed by atoms with Crippen molar-refractivity contribution < 1.29 is 4.92 Å². The fraction of sp³-hybridized carbons (Fsp3) is 0.600. The second-order valence-corrected chi connectivity index (χ2v) is 4.49. The van der Waals surface area contributed by atoms with E-state index in [0.29, 0.717) is 12.6 Å². The summed E-state index contributed by atoms with van der Waals surface area (Å²) < 4.78 is 0. The van der Waals surface area contributed by atoms with Crippen LogP contribution in [-0.2, 0) is 0 Å². The largest absolute Gasteiger partial charge is 0.363 e. The standard InChI is InChI=1S/C10H17N7O2/c1-16-4-2-3-7(16)5-12-9-8(17(18)19)6-13-10(14-9)15-11/h6-7H,2-5,11H2,1H3,(H2,12,13,14,15). The molecule has 9 heteroatoms.